The Hall–Kier alpha value is -3.21. The van der Waals surface area contributed by atoms with E-state index in [9.17, 15) is 9.59 Å². The Morgan fingerprint density at radius 2 is 1.67 bits per heavy atom. The van der Waals surface area contributed by atoms with Crippen molar-refractivity contribution in [3.8, 4) is 0 Å². The Morgan fingerprint density at radius 1 is 0.958 bits per heavy atom. The van der Waals surface area contributed by atoms with Gasteiger partial charge >= 0.3 is 0 Å². The molecule has 2 amide bonds. The highest BCUT2D eigenvalue weighted by Crippen LogP contribution is 2.16. The number of aromatic nitrogens is 1. The average Bonchev–Trinajstić information content (AvgIpc) is 2.62. The molecule has 0 saturated heterocycles. The zero-order valence-electron chi connectivity index (χ0n) is 13.2. The largest absolute Gasteiger partial charge is 0.339 e. The van der Waals surface area contributed by atoms with Gasteiger partial charge in [-0.05, 0) is 30.5 Å². The molecule has 5 nitrogen and oxygen atoms in total. The molecule has 1 heterocycles. The summed E-state index contributed by atoms with van der Waals surface area (Å²) in [6.45, 7) is 1.64. The number of carbonyl (C=O) groups is 2. The van der Waals surface area contributed by atoms with Gasteiger partial charge in [-0.1, -0.05) is 42.5 Å². The Balaban J connectivity index is 1.72. The van der Waals surface area contributed by atoms with Crippen LogP contribution >= 0.6 is 0 Å². The molecule has 1 aromatic heterocycles. The van der Waals surface area contributed by atoms with Gasteiger partial charge in [0, 0.05) is 17.3 Å². The lowest BCUT2D eigenvalue weighted by Gasteiger charge is -2.14. The van der Waals surface area contributed by atoms with Gasteiger partial charge in [-0.2, -0.15) is 0 Å². The zero-order chi connectivity index (χ0) is 16.9. The van der Waals surface area contributed by atoms with E-state index < -0.39 is 6.04 Å². The summed E-state index contributed by atoms with van der Waals surface area (Å²) >= 11 is 0. The van der Waals surface area contributed by atoms with Crippen LogP contribution < -0.4 is 10.6 Å². The summed E-state index contributed by atoms with van der Waals surface area (Å²) in [5, 5.41) is 7.14. The molecule has 3 aromatic rings. The van der Waals surface area contributed by atoms with Gasteiger partial charge in [-0.15, -0.1) is 0 Å². The number of hydrogen-bond acceptors (Lipinski definition) is 3. The highest BCUT2D eigenvalue weighted by molar-refractivity contribution is 6.07. The summed E-state index contributed by atoms with van der Waals surface area (Å²) in [4.78, 5) is 28.8. The molecule has 1 unspecified atom stereocenters. The van der Waals surface area contributed by atoms with E-state index in [1.165, 1.54) is 0 Å². The molecule has 0 saturated carbocycles. The summed E-state index contributed by atoms with van der Waals surface area (Å²) in [6, 6.07) is 17.8. The van der Waals surface area contributed by atoms with E-state index >= 15 is 0 Å². The maximum atomic E-state index is 12.5. The monoisotopic (exact) mass is 319 g/mol. The smallest absolute Gasteiger partial charge is 0.271 e. The van der Waals surface area contributed by atoms with Gasteiger partial charge < -0.3 is 10.6 Å². The lowest BCUT2D eigenvalue weighted by molar-refractivity contribution is -0.117. The third-order valence-electron chi connectivity index (χ3n) is 3.67. The highest BCUT2D eigenvalue weighted by Gasteiger charge is 2.19. The van der Waals surface area contributed by atoms with Crippen molar-refractivity contribution in [1.82, 2.24) is 10.3 Å². The van der Waals surface area contributed by atoms with E-state index in [-0.39, 0.29) is 11.8 Å². The maximum absolute atomic E-state index is 12.5. The van der Waals surface area contributed by atoms with Gasteiger partial charge in [0.15, 0.2) is 0 Å². The summed E-state index contributed by atoms with van der Waals surface area (Å²) in [7, 11) is 0. The van der Waals surface area contributed by atoms with Gasteiger partial charge in [0.25, 0.3) is 5.91 Å². The van der Waals surface area contributed by atoms with Crippen LogP contribution in [0.1, 0.15) is 17.4 Å². The number of amides is 2. The van der Waals surface area contributed by atoms with Gasteiger partial charge in [0.2, 0.25) is 5.91 Å². The van der Waals surface area contributed by atoms with E-state index in [1.54, 1.807) is 25.3 Å². The number of benzene rings is 2. The quantitative estimate of drug-likeness (QED) is 0.776. The number of anilines is 1. The minimum absolute atomic E-state index is 0.283. The Kier molecular flexibility index (Phi) is 4.52. The van der Waals surface area contributed by atoms with Crippen LogP contribution in [0.3, 0.4) is 0 Å². The molecule has 2 aromatic carbocycles. The number of fused-ring (bicyclic) bond motifs is 1. The fourth-order valence-electron chi connectivity index (χ4n) is 2.40. The fourth-order valence-corrected chi connectivity index (χ4v) is 2.40. The molecule has 5 heteroatoms. The third kappa shape index (κ3) is 3.41. The van der Waals surface area contributed by atoms with Crippen LogP contribution in [-0.2, 0) is 4.79 Å². The number of carbonyl (C=O) groups excluding carboxylic acids is 2. The molecule has 0 fully saturated rings. The van der Waals surface area contributed by atoms with E-state index in [0.29, 0.717) is 11.4 Å². The van der Waals surface area contributed by atoms with Gasteiger partial charge in [-0.25, -0.2) is 0 Å². The normalized spacial score (nSPS) is 11.7. The van der Waals surface area contributed by atoms with Gasteiger partial charge in [0.05, 0.1) is 0 Å². The van der Waals surface area contributed by atoms with E-state index in [2.05, 4.69) is 15.6 Å². The van der Waals surface area contributed by atoms with Crippen LogP contribution in [0.4, 0.5) is 5.69 Å². The number of nitrogens with zero attached hydrogens (tertiary/aromatic N) is 1. The second-order valence-electron chi connectivity index (χ2n) is 5.43. The molecule has 24 heavy (non-hydrogen) atoms. The molecular weight excluding hydrogens is 302 g/mol. The van der Waals surface area contributed by atoms with Crippen molar-refractivity contribution in [2.24, 2.45) is 0 Å². The molecular formula is C19H17N3O2. The SMILES string of the molecule is CC(NC(=O)c1nccc2ccccc12)C(=O)Nc1ccccc1. The molecule has 3 rings (SSSR count). The van der Waals surface area contributed by atoms with Crippen LogP contribution in [0.2, 0.25) is 0 Å². The first kappa shape index (κ1) is 15.7. The standard InChI is InChI=1S/C19H17N3O2/c1-13(18(23)22-15-8-3-2-4-9-15)21-19(24)17-16-10-6-5-7-14(16)11-12-20-17/h2-13H,1H3,(H,21,24)(H,22,23). The second kappa shape index (κ2) is 6.91. The Labute approximate surface area is 139 Å². The first-order valence-corrected chi connectivity index (χ1v) is 7.65. The lowest BCUT2D eigenvalue weighted by atomic mass is 10.1. The number of rotatable bonds is 4. The molecule has 0 radical (unpaired) electrons. The molecule has 0 aliphatic heterocycles. The number of pyridine rings is 1. The third-order valence-corrected chi connectivity index (χ3v) is 3.67. The molecule has 0 spiro atoms. The van der Waals surface area contributed by atoms with Crippen LogP contribution in [0.25, 0.3) is 10.8 Å². The zero-order valence-corrected chi connectivity index (χ0v) is 13.2. The highest BCUT2D eigenvalue weighted by atomic mass is 16.2. The predicted molar refractivity (Wildman–Crippen MR) is 93.7 cm³/mol. The molecule has 0 aliphatic rings. The van der Waals surface area contributed by atoms with Crippen LogP contribution in [0.15, 0.2) is 66.9 Å². The topological polar surface area (TPSA) is 71.1 Å². The summed E-state index contributed by atoms with van der Waals surface area (Å²) in [5.74, 6) is -0.655. The van der Waals surface area contributed by atoms with Crippen molar-refractivity contribution in [3.05, 3.63) is 72.6 Å². The minimum Gasteiger partial charge on any atom is -0.339 e. The molecule has 0 bridgehead atoms. The summed E-state index contributed by atoms with van der Waals surface area (Å²) < 4.78 is 0. The van der Waals surface area contributed by atoms with Crippen LogP contribution in [0, 0.1) is 0 Å². The van der Waals surface area contributed by atoms with Crippen molar-refractivity contribution < 1.29 is 9.59 Å². The Morgan fingerprint density at radius 3 is 2.46 bits per heavy atom. The van der Waals surface area contributed by atoms with Crippen molar-refractivity contribution in [3.63, 3.8) is 0 Å². The first-order valence-electron chi connectivity index (χ1n) is 7.65. The van der Waals surface area contributed by atoms with Crippen molar-refractivity contribution in [2.45, 2.75) is 13.0 Å². The molecule has 120 valence electrons. The van der Waals surface area contributed by atoms with E-state index in [0.717, 1.165) is 10.8 Å². The Bertz CT molecular complexity index is 873. The second-order valence-corrected chi connectivity index (χ2v) is 5.43. The summed E-state index contributed by atoms with van der Waals surface area (Å²) in [6.07, 6.45) is 1.59. The van der Waals surface area contributed by atoms with Crippen LogP contribution in [-0.4, -0.2) is 22.8 Å². The number of nitrogens with one attached hydrogen (secondary N) is 2. The first-order chi connectivity index (χ1) is 11.6. The van der Waals surface area contributed by atoms with Crippen LogP contribution in [0.5, 0.6) is 0 Å². The average molecular weight is 319 g/mol. The van der Waals surface area contributed by atoms with Gasteiger partial charge in [-0.3, -0.25) is 14.6 Å². The predicted octanol–water partition coefficient (Wildman–Crippen LogP) is 2.99. The molecule has 2 N–H and O–H groups in total. The van der Waals surface area contributed by atoms with E-state index in [1.807, 2.05) is 48.5 Å². The number of hydrogen-bond donors (Lipinski definition) is 2. The number of para-hydroxylation sites is 1. The summed E-state index contributed by atoms with van der Waals surface area (Å²) in [5.41, 5.74) is 0.999. The molecule has 1 atom stereocenters. The van der Waals surface area contributed by atoms with Crippen molar-refractivity contribution >= 4 is 28.3 Å². The van der Waals surface area contributed by atoms with Crippen molar-refractivity contribution in [2.75, 3.05) is 5.32 Å². The minimum atomic E-state index is -0.682. The maximum Gasteiger partial charge on any atom is 0.271 e. The van der Waals surface area contributed by atoms with Gasteiger partial charge in [0.1, 0.15) is 11.7 Å². The lowest BCUT2D eigenvalue weighted by Crippen LogP contribution is -2.41. The fraction of sp³-hybridized carbons (Fsp3) is 0.105. The van der Waals surface area contributed by atoms with Crippen molar-refractivity contribution in [1.29, 1.82) is 0 Å². The molecule has 0 aliphatic carbocycles. The van der Waals surface area contributed by atoms with E-state index in [4.69, 9.17) is 0 Å².